The molecule has 1 aromatic carbocycles. The molecule has 20 heavy (non-hydrogen) atoms. The molecule has 2 unspecified atom stereocenters. The summed E-state index contributed by atoms with van der Waals surface area (Å²) in [7, 11) is 0. The van der Waals surface area contributed by atoms with Gasteiger partial charge >= 0.3 is 6.18 Å². The second-order valence-corrected chi connectivity index (χ2v) is 5.68. The van der Waals surface area contributed by atoms with Crippen molar-refractivity contribution in [3.05, 3.63) is 29.8 Å². The fourth-order valence-corrected chi connectivity index (χ4v) is 3.47. The Morgan fingerprint density at radius 3 is 2.65 bits per heavy atom. The minimum Gasteiger partial charge on any atom is -0.380 e. The summed E-state index contributed by atoms with van der Waals surface area (Å²) >= 11 is 0. The van der Waals surface area contributed by atoms with Crippen molar-refractivity contribution in [2.75, 3.05) is 18.4 Å². The Morgan fingerprint density at radius 2 is 1.85 bits per heavy atom. The van der Waals surface area contributed by atoms with Crippen LogP contribution in [0.4, 0.5) is 18.9 Å². The van der Waals surface area contributed by atoms with E-state index in [1.54, 1.807) is 6.07 Å². The molecule has 0 aromatic heterocycles. The number of piperidine rings is 1. The smallest absolute Gasteiger partial charge is 0.380 e. The van der Waals surface area contributed by atoms with Gasteiger partial charge in [0.1, 0.15) is 0 Å². The zero-order chi connectivity index (χ0) is 14.2. The predicted molar refractivity (Wildman–Crippen MR) is 72.7 cm³/mol. The van der Waals surface area contributed by atoms with Gasteiger partial charge in [-0.3, -0.25) is 4.90 Å². The van der Waals surface area contributed by atoms with Crippen LogP contribution >= 0.6 is 0 Å². The molecule has 110 valence electrons. The zero-order valence-electron chi connectivity index (χ0n) is 11.3. The molecule has 0 saturated carbocycles. The van der Waals surface area contributed by atoms with Crippen LogP contribution < -0.4 is 5.32 Å². The van der Waals surface area contributed by atoms with Gasteiger partial charge in [-0.2, -0.15) is 13.2 Å². The second-order valence-electron chi connectivity index (χ2n) is 5.68. The molecule has 2 saturated heterocycles. The van der Waals surface area contributed by atoms with Crippen molar-refractivity contribution in [1.82, 2.24) is 4.90 Å². The highest BCUT2D eigenvalue weighted by molar-refractivity contribution is 5.53. The van der Waals surface area contributed by atoms with Crippen LogP contribution in [0.2, 0.25) is 0 Å². The number of fused-ring (bicyclic) bond motifs is 1. The predicted octanol–water partition coefficient (Wildman–Crippen LogP) is 3.74. The number of rotatable bonds is 2. The van der Waals surface area contributed by atoms with Crippen LogP contribution in [0, 0.1) is 0 Å². The molecule has 2 nitrogen and oxygen atoms in total. The van der Waals surface area contributed by atoms with Crippen molar-refractivity contribution >= 4 is 5.69 Å². The van der Waals surface area contributed by atoms with Gasteiger partial charge in [0.25, 0.3) is 0 Å². The average molecular weight is 284 g/mol. The van der Waals surface area contributed by atoms with E-state index in [-0.39, 0.29) is 11.7 Å². The van der Waals surface area contributed by atoms with Crippen LogP contribution in [-0.2, 0) is 6.18 Å². The first-order valence-corrected chi connectivity index (χ1v) is 7.22. The molecule has 5 heteroatoms. The van der Waals surface area contributed by atoms with E-state index in [0.717, 1.165) is 32.0 Å². The highest BCUT2D eigenvalue weighted by Gasteiger charge is 2.38. The molecule has 0 amide bonds. The van der Waals surface area contributed by atoms with Crippen molar-refractivity contribution in [3.8, 4) is 0 Å². The van der Waals surface area contributed by atoms with E-state index in [1.165, 1.54) is 25.0 Å². The third-order valence-electron chi connectivity index (χ3n) is 4.43. The standard InChI is InChI=1S/C15H19F3N2/c16-15(17,18)11-5-1-2-6-12(11)19-13-8-10-20-9-4-3-7-14(13)20/h1-2,5-6,13-14,19H,3-4,7-10H2. The maximum atomic E-state index is 13.0. The molecule has 2 heterocycles. The van der Waals surface area contributed by atoms with Crippen molar-refractivity contribution in [1.29, 1.82) is 0 Å². The lowest BCUT2D eigenvalue weighted by molar-refractivity contribution is -0.137. The number of nitrogens with one attached hydrogen (secondary N) is 1. The molecular weight excluding hydrogens is 265 g/mol. The number of hydrogen-bond donors (Lipinski definition) is 1. The first kappa shape index (κ1) is 13.7. The second kappa shape index (κ2) is 5.28. The highest BCUT2D eigenvalue weighted by atomic mass is 19.4. The summed E-state index contributed by atoms with van der Waals surface area (Å²) in [6, 6.07) is 6.31. The van der Waals surface area contributed by atoms with Gasteiger partial charge in [-0.05, 0) is 37.9 Å². The summed E-state index contributed by atoms with van der Waals surface area (Å²) in [5, 5.41) is 3.15. The minimum absolute atomic E-state index is 0.138. The average Bonchev–Trinajstić information content (AvgIpc) is 2.82. The first-order valence-electron chi connectivity index (χ1n) is 7.22. The quantitative estimate of drug-likeness (QED) is 0.890. The molecule has 1 N–H and O–H groups in total. The lowest BCUT2D eigenvalue weighted by Crippen LogP contribution is -2.41. The van der Waals surface area contributed by atoms with Gasteiger partial charge in [-0.25, -0.2) is 0 Å². The van der Waals surface area contributed by atoms with Gasteiger partial charge in [-0.15, -0.1) is 0 Å². The Morgan fingerprint density at radius 1 is 1.05 bits per heavy atom. The molecule has 0 spiro atoms. The van der Waals surface area contributed by atoms with E-state index < -0.39 is 11.7 Å². The first-order chi connectivity index (χ1) is 9.55. The molecular formula is C15H19F3N2. The van der Waals surface area contributed by atoms with Crippen LogP contribution in [-0.4, -0.2) is 30.1 Å². The Labute approximate surface area is 117 Å². The van der Waals surface area contributed by atoms with E-state index in [4.69, 9.17) is 0 Å². The molecule has 1 aromatic rings. The number of anilines is 1. The van der Waals surface area contributed by atoms with E-state index in [9.17, 15) is 13.2 Å². The van der Waals surface area contributed by atoms with Crippen molar-refractivity contribution in [2.24, 2.45) is 0 Å². The van der Waals surface area contributed by atoms with Gasteiger partial charge in [0.15, 0.2) is 0 Å². The molecule has 2 aliphatic heterocycles. The molecule has 3 rings (SSSR count). The van der Waals surface area contributed by atoms with Gasteiger partial charge in [-0.1, -0.05) is 18.6 Å². The maximum Gasteiger partial charge on any atom is 0.418 e. The van der Waals surface area contributed by atoms with Crippen LogP contribution in [0.1, 0.15) is 31.2 Å². The third-order valence-corrected chi connectivity index (χ3v) is 4.43. The van der Waals surface area contributed by atoms with Gasteiger partial charge in [0, 0.05) is 24.3 Å². The maximum absolute atomic E-state index is 13.0. The van der Waals surface area contributed by atoms with Crippen LogP contribution in [0.15, 0.2) is 24.3 Å². The van der Waals surface area contributed by atoms with Crippen LogP contribution in [0.25, 0.3) is 0 Å². The summed E-state index contributed by atoms with van der Waals surface area (Å²) in [5.41, 5.74) is -0.341. The fraction of sp³-hybridized carbons (Fsp3) is 0.600. The number of para-hydroxylation sites is 1. The van der Waals surface area contributed by atoms with Crippen LogP contribution in [0.3, 0.4) is 0 Å². The number of nitrogens with zero attached hydrogens (tertiary/aromatic N) is 1. The Bertz CT molecular complexity index is 472. The van der Waals surface area contributed by atoms with Gasteiger partial charge in [0.2, 0.25) is 0 Å². The zero-order valence-corrected chi connectivity index (χ0v) is 11.3. The van der Waals surface area contributed by atoms with Gasteiger partial charge < -0.3 is 5.32 Å². The highest BCUT2D eigenvalue weighted by Crippen LogP contribution is 2.36. The molecule has 2 atom stereocenters. The normalized spacial score (nSPS) is 27.4. The summed E-state index contributed by atoms with van der Waals surface area (Å²) in [5.74, 6) is 0. The van der Waals surface area contributed by atoms with Crippen molar-refractivity contribution in [2.45, 2.75) is 43.9 Å². The van der Waals surface area contributed by atoms with Crippen molar-refractivity contribution < 1.29 is 13.2 Å². The third kappa shape index (κ3) is 2.64. The van der Waals surface area contributed by atoms with E-state index in [1.807, 2.05) is 0 Å². The molecule has 2 aliphatic rings. The molecule has 0 aliphatic carbocycles. The summed E-state index contributed by atoms with van der Waals surface area (Å²) in [6.07, 6.45) is 0.111. The van der Waals surface area contributed by atoms with Gasteiger partial charge in [0.05, 0.1) is 5.56 Å². The fourth-order valence-electron chi connectivity index (χ4n) is 3.47. The Balaban J connectivity index is 1.78. The van der Waals surface area contributed by atoms with E-state index in [0.29, 0.717) is 6.04 Å². The summed E-state index contributed by atoms with van der Waals surface area (Å²) in [6.45, 7) is 2.08. The van der Waals surface area contributed by atoms with Crippen LogP contribution in [0.5, 0.6) is 0 Å². The number of hydrogen-bond acceptors (Lipinski definition) is 2. The van der Waals surface area contributed by atoms with E-state index in [2.05, 4.69) is 10.2 Å². The Hall–Kier alpha value is -1.23. The van der Waals surface area contributed by atoms with Crippen molar-refractivity contribution in [3.63, 3.8) is 0 Å². The largest absolute Gasteiger partial charge is 0.418 e. The number of halogens is 3. The number of alkyl halides is 3. The minimum atomic E-state index is -4.30. The SMILES string of the molecule is FC(F)(F)c1ccccc1NC1CCN2CCCCC12. The number of benzene rings is 1. The molecule has 2 fully saturated rings. The summed E-state index contributed by atoms with van der Waals surface area (Å²) < 4.78 is 39.0. The monoisotopic (exact) mass is 284 g/mol. The molecule has 0 radical (unpaired) electrons. The summed E-state index contributed by atoms with van der Waals surface area (Å²) in [4.78, 5) is 2.41. The lowest BCUT2D eigenvalue weighted by atomic mass is 9.98. The Kier molecular flexibility index (Phi) is 3.63. The van der Waals surface area contributed by atoms with E-state index >= 15 is 0 Å². The lowest BCUT2D eigenvalue weighted by Gasteiger charge is -2.33. The topological polar surface area (TPSA) is 15.3 Å². The molecule has 0 bridgehead atoms.